The monoisotopic (exact) mass is 320 g/mol. The fraction of sp³-hybridized carbons (Fsp3) is 0.778. The number of nitrogens with zero attached hydrogens (tertiary/aromatic N) is 2. The molecule has 0 fully saturated rings. The van der Waals surface area contributed by atoms with Gasteiger partial charge in [-0.2, -0.15) is 0 Å². The molecule has 0 bridgehead atoms. The summed E-state index contributed by atoms with van der Waals surface area (Å²) in [5.41, 5.74) is 0. The predicted molar refractivity (Wildman–Crippen MR) is 54.9 cm³/mol. The quantitative estimate of drug-likeness (QED) is 0.579. The standard InChI is InChI=1S/C6H16N2.C2H2F3.CH3.Pd/c1-7(2)5-6-8(3)4;1-2(3,4)5;;/h5-6H2,1-4H3;1H2;1H3;/q;2*-1;. The molecule has 0 aromatic carbocycles. The van der Waals surface area contributed by atoms with Crippen molar-refractivity contribution in [1.29, 1.82) is 0 Å². The maximum absolute atomic E-state index is 10.2. The molecule has 0 amide bonds. The average Bonchev–Trinajstić information content (AvgIpc) is 1.79. The van der Waals surface area contributed by atoms with Crippen molar-refractivity contribution < 1.29 is 33.6 Å². The van der Waals surface area contributed by atoms with Gasteiger partial charge < -0.3 is 17.2 Å². The van der Waals surface area contributed by atoms with Crippen LogP contribution < -0.4 is 0 Å². The molecule has 15 heavy (non-hydrogen) atoms. The zero-order chi connectivity index (χ0) is 11.1. The van der Waals surface area contributed by atoms with Crippen LogP contribution in [0, 0.1) is 14.4 Å². The molecule has 0 radical (unpaired) electrons. The Morgan fingerprint density at radius 1 is 0.933 bits per heavy atom. The number of hydrogen-bond acceptors (Lipinski definition) is 2. The van der Waals surface area contributed by atoms with Gasteiger partial charge in [-0.1, -0.05) is 0 Å². The Kier molecular flexibility index (Phi) is 20.4. The molecule has 0 N–H and O–H groups in total. The molecule has 0 heterocycles. The first-order valence-corrected chi connectivity index (χ1v) is 3.84. The summed E-state index contributed by atoms with van der Waals surface area (Å²) in [4.78, 5) is 4.36. The first kappa shape index (κ1) is 24.6. The van der Waals surface area contributed by atoms with Gasteiger partial charge in [0.1, 0.15) is 0 Å². The van der Waals surface area contributed by atoms with Crippen molar-refractivity contribution in [3.05, 3.63) is 14.4 Å². The van der Waals surface area contributed by atoms with Gasteiger partial charge in [0, 0.05) is 33.5 Å². The minimum Gasteiger partial charge on any atom is -0.358 e. The zero-order valence-corrected chi connectivity index (χ0v) is 11.5. The van der Waals surface area contributed by atoms with E-state index in [9.17, 15) is 13.2 Å². The van der Waals surface area contributed by atoms with Crippen molar-refractivity contribution in [3.63, 3.8) is 0 Å². The fourth-order valence-corrected chi connectivity index (χ4v) is 0.400. The van der Waals surface area contributed by atoms with Gasteiger partial charge in [0.25, 0.3) is 6.18 Å². The average molecular weight is 321 g/mol. The van der Waals surface area contributed by atoms with Crippen molar-refractivity contribution >= 4 is 0 Å². The summed E-state index contributed by atoms with van der Waals surface area (Å²) in [6.45, 7) is 4.06. The van der Waals surface area contributed by atoms with E-state index in [-0.39, 0.29) is 27.8 Å². The van der Waals surface area contributed by atoms with E-state index >= 15 is 0 Å². The number of likely N-dealkylation sites (N-methyl/N-ethyl adjacent to an activating group) is 2. The first-order chi connectivity index (χ1) is 5.63. The van der Waals surface area contributed by atoms with Crippen LogP contribution in [0.5, 0.6) is 0 Å². The molecule has 0 aliphatic carbocycles. The van der Waals surface area contributed by atoms with E-state index in [2.05, 4.69) is 38.0 Å². The summed E-state index contributed by atoms with van der Waals surface area (Å²) in [7, 11) is 8.35. The Bertz CT molecular complexity index is 102. The largest absolute Gasteiger partial charge is 0.358 e. The molecule has 0 saturated carbocycles. The molecule has 0 saturated heterocycles. The van der Waals surface area contributed by atoms with Gasteiger partial charge >= 0.3 is 0 Å². The number of alkyl halides is 3. The van der Waals surface area contributed by atoms with Gasteiger partial charge in [-0.05, 0) is 28.2 Å². The van der Waals surface area contributed by atoms with E-state index in [4.69, 9.17) is 0 Å². The minimum atomic E-state index is -4.25. The van der Waals surface area contributed by atoms with E-state index in [0.717, 1.165) is 13.1 Å². The summed E-state index contributed by atoms with van der Waals surface area (Å²) in [6.07, 6.45) is -4.25. The normalized spacial score (nSPS) is 10.0. The summed E-state index contributed by atoms with van der Waals surface area (Å²) in [5.74, 6) is 0. The van der Waals surface area contributed by atoms with Crippen LogP contribution in [0.4, 0.5) is 13.2 Å². The third-order valence-corrected chi connectivity index (χ3v) is 0.994. The van der Waals surface area contributed by atoms with Crippen molar-refractivity contribution in [3.8, 4) is 0 Å². The SMILES string of the molecule is CN(C)CCN(C)C.[CH2-]C(F)(F)F.[CH3-].[Pd]. The second-order valence-electron chi connectivity index (χ2n) is 3.22. The second kappa shape index (κ2) is 12.4. The van der Waals surface area contributed by atoms with Crippen molar-refractivity contribution in [2.24, 2.45) is 0 Å². The number of halogens is 3. The van der Waals surface area contributed by atoms with Crippen LogP contribution in [0.15, 0.2) is 0 Å². The summed E-state index contributed by atoms with van der Waals surface area (Å²) in [6, 6.07) is 0. The molecule has 2 nitrogen and oxygen atoms in total. The third-order valence-electron chi connectivity index (χ3n) is 0.994. The number of rotatable bonds is 3. The molecular formula is C9H21F3N2Pd-2. The summed E-state index contributed by atoms with van der Waals surface area (Å²) in [5, 5.41) is 0. The van der Waals surface area contributed by atoms with E-state index in [1.807, 2.05) is 0 Å². The van der Waals surface area contributed by atoms with Crippen molar-refractivity contribution in [2.75, 3.05) is 41.3 Å². The second-order valence-corrected chi connectivity index (χ2v) is 3.22. The van der Waals surface area contributed by atoms with E-state index < -0.39 is 6.18 Å². The first-order valence-electron chi connectivity index (χ1n) is 3.84. The third kappa shape index (κ3) is 76.2. The Balaban J connectivity index is -0.0000000770. The van der Waals surface area contributed by atoms with Crippen molar-refractivity contribution in [1.82, 2.24) is 9.80 Å². The maximum atomic E-state index is 10.2. The Morgan fingerprint density at radius 3 is 1.13 bits per heavy atom. The summed E-state index contributed by atoms with van der Waals surface area (Å²) < 4.78 is 30.7. The molecule has 0 aromatic heterocycles. The van der Waals surface area contributed by atoms with Gasteiger partial charge in [-0.15, -0.1) is 0 Å². The Labute approximate surface area is 105 Å². The van der Waals surface area contributed by atoms with E-state index in [1.165, 1.54) is 0 Å². The van der Waals surface area contributed by atoms with Gasteiger partial charge in [-0.3, -0.25) is 0 Å². The van der Waals surface area contributed by atoms with Gasteiger partial charge in [0.15, 0.2) is 0 Å². The van der Waals surface area contributed by atoms with Gasteiger partial charge in [-0.25, -0.2) is 20.1 Å². The van der Waals surface area contributed by atoms with Crippen molar-refractivity contribution in [2.45, 2.75) is 6.18 Å². The van der Waals surface area contributed by atoms with E-state index in [0.29, 0.717) is 0 Å². The van der Waals surface area contributed by atoms with Crippen LogP contribution in [-0.2, 0) is 20.4 Å². The molecule has 0 spiro atoms. The molecule has 100 valence electrons. The molecule has 0 aliphatic heterocycles. The molecule has 0 aromatic rings. The maximum Gasteiger partial charge on any atom is 0.268 e. The number of hydrogen-bond donors (Lipinski definition) is 0. The van der Waals surface area contributed by atoms with Crippen LogP contribution >= 0.6 is 0 Å². The molecule has 0 atom stereocenters. The van der Waals surface area contributed by atoms with Crippen LogP contribution in [0.25, 0.3) is 0 Å². The summed E-state index contributed by atoms with van der Waals surface area (Å²) >= 11 is 0. The zero-order valence-electron chi connectivity index (χ0n) is 9.97. The Morgan fingerprint density at radius 2 is 1.07 bits per heavy atom. The van der Waals surface area contributed by atoms with Crippen LogP contribution in [0.3, 0.4) is 0 Å². The van der Waals surface area contributed by atoms with Crippen LogP contribution in [0.1, 0.15) is 0 Å². The fourth-order valence-electron chi connectivity index (χ4n) is 0.400. The molecule has 0 rings (SSSR count). The van der Waals surface area contributed by atoms with Gasteiger partial charge in [0.05, 0.1) is 0 Å². The molecule has 0 aliphatic rings. The molecule has 0 unspecified atom stereocenters. The van der Waals surface area contributed by atoms with Crippen LogP contribution in [0.2, 0.25) is 0 Å². The topological polar surface area (TPSA) is 6.48 Å². The Hall–Kier alpha value is 0.372. The minimum absolute atomic E-state index is 0. The smallest absolute Gasteiger partial charge is 0.268 e. The molecular weight excluding hydrogens is 300 g/mol. The predicted octanol–water partition coefficient (Wildman–Crippen LogP) is 1.94. The van der Waals surface area contributed by atoms with E-state index in [1.54, 1.807) is 6.92 Å². The molecule has 6 heteroatoms. The van der Waals surface area contributed by atoms with Gasteiger partial charge in [0.2, 0.25) is 0 Å². The van der Waals surface area contributed by atoms with Crippen LogP contribution in [-0.4, -0.2) is 57.3 Å².